The maximum absolute atomic E-state index is 8.56. The summed E-state index contributed by atoms with van der Waals surface area (Å²) in [7, 11) is 0. The first-order chi connectivity index (χ1) is 6.31. The molecule has 1 heterocycles. The highest BCUT2D eigenvalue weighted by Crippen LogP contribution is 2.38. The van der Waals surface area contributed by atoms with Gasteiger partial charge in [0.1, 0.15) is 5.82 Å². The van der Waals surface area contributed by atoms with Gasteiger partial charge in [-0.05, 0) is 28.8 Å². The van der Waals surface area contributed by atoms with Crippen molar-refractivity contribution in [3.05, 3.63) is 22.2 Å². The number of nitrogens with one attached hydrogen (secondary N) is 1. The zero-order chi connectivity index (χ0) is 9.26. The Morgan fingerprint density at radius 1 is 1.62 bits per heavy atom. The Morgan fingerprint density at radius 2 is 2.38 bits per heavy atom. The highest BCUT2D eigenvalue weighted by atomic mass is 79.9. The van der Waals surface area contributed by atoms with Crippen molar-refractivity contribution in [2.75, 3.05) is 0 Å². The van der Waals surface area contributed by atoms with Gasteiger partial charge in [-0.1, -0.05) is 0 Å². The lowest BCUT2D eigenvalue weighted by Crippen LogP contribution is -2.10. The second kappa shape index (κ2) is 3.69. The van der Waals surface area contributed by atoms with Gasteiger partial charge in [-0.3, -0.25) is 0 Å². The van der Waals surface area contributed by atoms with Crippen LogP contribution in [-0.4, -0.2) is 15.2 Å². The Hall–Kier alpha value is -0.520. The lowest BCUT2D eigenvalue weighted by molar-refractivity contribution is 0.159. The molecule has 1 aliphatic rings. The van der Waals surface area contributed by atoms with E-state index in [1.54, 1.807) is 6.20 Å². The van der Waals surface area contributed by atoms with Gasteiger partial charge in [0, 0.05) is 12.1 Å². The second-order valence-electron chi connectivity index (χ2n) is 3.13. The highest BCUT2D eigenvalue weighted by molar-refractivity contribution is 9.10. The fourth-order valence-electron chi connectivity index (χ4n) is 1.15. The quantitative estimate of drug-likeness (QED) is 0.793. The van der Waals surface area contributed by atoms with Gasteiger partial charge in [-0.15, -0.1) is 0 Å². The number of halogens is 1. The van der Waals surface area contributed by atoms with E-state index in [0.29, 0.717) is 12.5 Å². The Morgan fingerprint density at radius 3 is 3.00 bits per heavy atom. The van der Waals surface area contributed by atoms with Crippen molar-refractivity contribution in [1.29, 1.82) is 0 Å². The number of hydrogen-bond donors (Lipinski definition) is 2. The number of hydroxylamine groups is 1. The molecule has 1 aromatic heterocycles. The minimum Gasteiger partial charge on any atom is -0.316 e. The van der Waals surface area contributed by atoms with Crippen molar-refractivity contribution in [1.82, 2.24) is 15.4 Å². The standard InChI is InChI=1S/C8H10BrN3O/c9-6-3-10-8(5-1-2-5)12-7(6)4-11-13/h3,5,11,13H,1-2,4H2. The summed E-state index contributed by atoms with van der Waals surface area (Å²) >= 11 is 3.32. The van der Waals surface area contributed by atoms with Gasteiger partial charge >= 0.3 is 0 Å². The van der Waals surface area contributed by atoms with Gasteiger partial charge in [-0.2, -0.15) is 5.48 Å². The van der Waals surface area contributed by atoms with Crippen molar-refractivity contribution in [3.8, 4) is 0 Å². The number of rotatable bonds is 3. The van der Waals surface area contributed by atoms with Crippen LogP contribution in [0.5, 0.6) is 0 Å². The van der Waals surface area contributed by atoms with E-state index in [9.17, 15) is 0 Å². The van der Waals surface area contributed by atoms with E-state index in [1.807, 2.05) is 0 Å². The Kier molecular flexibility index (Phi) is 2.57. The van der Waals surface area contributed by atoms with Crippen LogP contribution in [0.25, 0.3) is 0 Å². The average molecular weight is 244 g/mol. The van der Waals surface area contributed by atoms with Crippen LogP contribution in [0.4, 0.5) is 0 Å². The summed E-state index contributed by atoms with van der Waals surface area (Å²) in [5.74, 6) is 1.44. The summed E-state index contributed by atoms with van der Waals surface area (Å²) in [4.78, 5) is 8.56. The Bertz CT molecular complexity index is 314. The van der Waals surface area contributed by atoms with Crippen LogP contribution < -0.4 is 5.48 Å². The molecule has 0 unspecified atom stereocenters. The van der Waals surface area contributed by atoms with Crippen molar-refractivity contribution < 1.29 is 5.21 Å². The fourth-order valence-corrected chi connectivity index (χ4v) is 1.49. The predicted molar refractivity (Wildman–Crippen MR) is 50.3 cm³/mol. The summed E-state index contributed by atoms with van der Waals surface area (Å²) in [6, 6.07) is 0. The molecule has 1 aliphatic carbocycles. The third-order valence-electron chi connectivity index (χ3n) is 2.02. The van der Waals surface area contributed by atoms with E-state index in [2.05, 4.69) is 31.4 Å². The molecule has 0 aromatic carbocycles. The minimum atomic E-state index is 0.350. The van der Waals surface area contributed by atoms with E-state index < -0.39 is 0 Å². The largest absolute Gasteiger partial charge is 0.316 e. The van der Waals surface area contributed by atoms with E-state index in [4.69, 9.17) is 5.21 Å². The first-order valence-electron chi connectivity index (χ1n) is 4.19. The first kappa shape index (κ1) is 9.05. The fraction of sp³-hybridized carbons (Fsp3) is 0.500. The van der Waals surface area contributed by atoms with Crippen molar-refractivity contribution in [2.45, 2.75) is 25.3 Å². The highest BCUT2D eigenvalue weighted by Gasteiger charge is 2.26. The molecule has 0 radical (unpaired) electrons. The summed E-state index contributed by atoms with van der Waals surface area (Å²) < 4.78 is 0.832. The molecule has 5 heteroatoms. The van der Waals surface area contributed by atoms with Crippen molar-refractivity contribution in [3.63, 3.8) is 0 Å². The lowest BCUT2D eigenvalue weighted by Gasteiger charge is -2.03. The van der Waals surface area contributed by atoms with Crippen LogP contribution in [0.15, 0.2) is 10.7 Å². The van der Waals surface area contributed by atoms with Gasteiger partial charge < -0.3 is 5.21 Å². The number of aromatic nitrogens is 2. The van der Waals surface area contributed by atoms with Crippen LogP contribution in [-0.2, 0) is 6.54 Å². The molecule has 0 amide bonds. The summed E-state index contributed by atoms with van der Waals surface area (Å²) in [5.41, 5.74) is 2.90. The molecule has 0 atom stereocenters. The molecule has 1 saturated carbocycles. The summed E-state index contributed by atoms with van der Waals surface area (Å²) in [5, 5.41) is 8.56. The van der Waals surface area contributed by atoms with Crippen molar-refractivity contribution in [2.24, 2.45) is 0 Å². The van der Waals surface area contributed by atoms with E-state index in [0.717, 1.165) is 16.0 Å². The van der Waals surface area contributed by atoms with E-state index >= 15 is 0 Å². The summed E-state index contributed by atoms with van der Waals surface area (Å²) in [6.45, 7) is 0.350. The smallest absolute Gasteiger partial charge is 0.131 e. The zero-order valence-electron chi connectivity index (χ0n) is 7.00. The second-order valence-corrected chi connectivity index (χ2v) is 3.99. The van der Waals surface area contributed by atoms with Crippen LogP contribution >= 0.6 is 15.9 Å². The molecule has 4 nitrogen and oxygen atoms in total. The molecule has 13 heavy (non-hydrogen) atoms. The molecular formula is C8H10BrN3O. The Labute approximate surface area is 84.5 Å². The maximum Gasteiger partial charge on any atom is 0.131 e. The van der Waals surface area contributed by atoms with Gasteiger partial charge in [0.05, 0.1) is 16.7 Å². The molecule has 1 aromatic rings. The predicted octanol–water partition coefficient (Wildman–Crippen LogP) is 1.60. The molecule has 0 saturated heterocycles. The van der Waals surface area contributed by atoms with Crippen molar-refractivity contribution >= 4 is 15.9 Å². The van der Waals surface area contributed by atoms with Crippen LogP contribution in [0.1, 0.15) is 30.3 Å². The molecular weight excluding hydrogens is 234 g/mol. The molecule has 1 fully saturated rings. The lowest BCUT2D eigenvalue weighted by atomic mass is 10.3. The first-order valence-corrected chi connectivity index (χ1v) is 4.99. The monoisotopic (exact) mass is 243 g/mol. The average Bonchev–Trinajstić information content (AvgIpc) is 2.92. The molecule has 2 N–H and O–H groups in total. The Balaban J connectivity index is 2.25. The van der Waals surface area contributed by atoms with Gasteiger partial charge in [0.15, 0.2) is 0 Å². The van der Waals surface area contributed by atoms with Gasteiger partial charge in [0.2, 0.25) is 0 Å². The third kappa shape index (κ3) is 2.04. The molecule has 0 aliphatic heterocycles. The number of nitrogens with zero attached hydrogens (tertiary/aromatic N) is 2. The molecule has 70 valence electrons. The maximum atomic E-state index is 8.56. The SMILES string of the molecule is ONCc1nc(C2CC2)ncc1Br. The molecule has 0 spiro atoms. The topological polar surface area (TPSA) is 58.0 Å². The van der Waals surface area contributed by atoms with E-state index in [1.165, 1.54) is 12.8 Å². The number of hydrogen-bond acceptors (Lipinski definition) is 4. The van der Waals surface area contributed by atoms with Crippen LogP contribution in [0, 0.1) is 0 Å². The minimum absolute atomic E-state index is 0.350. The van der Waals surface area contributed by atoms with E-state index in [-0.39, 0.29) is 0 Å². The molecule has 2 rings (SSSR count). The normalized spacial score (nSPS) is 16.2. The van der Waals surface area contributed by atoms with Crippen LogP contribution in [0.2, 0.25) is 0 Å². The van der Waals surface area contributed by atoms with Gasteiger partial charge in [-0.25, -0.2) is 9.97 Å². The molecule has 0 bridgehead atoms. The third-order valence-corrected chi connectivity index (χ3v) is 2.69. The zero-order valence-corrected chi connectivity index (χ0v) is 8.58. The van der Waals surface area contributed by atoms with Gasteiger partial charge in [0.25, 0.3) is 0 Å². The summed E-state index contributed by atoms with van der Waals surface area (Å²) in [6.07, 6.45) is 4.12. The van der Waals surface area contributed by atoms with Crippen LogP contribution in [0.3, 0.4) is 0 Å².